The SMILES string of the molecule is Cc1ccn2ncc(C(=O)N3CCC(C)(CN)C3)c2n1. The minimum absolute atomic E-state index is 0.00437. The molecule has 1 unspecified atom stereocenters. The van der Waals surface area contributed by atoms with E-state index in [1.54, 1.807) is 10.7 Å². The molecule has 0 aliphatic carbocycles. The first kappa shape index (κ1) is 13.1. The summed E-state index contributed by atoms with van der Waals surface area (Å²) in [5.41, 5.74) is 7.88. The van der Waals surface area contributed by atoms with Gasteiger partial charge >= 0.3 is 0 Å². The molecule has 1 saturated heterocycles. The van der Waals surface area contributed by atoms with Crippen molar-refractivity contribution in [2.75, 3.05) is 19.6 Å². The van der Waals surface area contributed by atoms with Gasteiger partial charge in [0.05, 0.1) is 6.20 Å². The van der Waals surface area contributed by atoms with Crippen LogP contribution in [0.5, 0.6) is 0 Å². The zero-order valence-corrected chi connectivity index (χ0v) is 11.8. The normalized spacial score (nSPS) is 22.6. The predicted molar refractivity (Wildman–Crippen MR) is 75.4 cm³/mol. The average molecular weight is 273 g/mol. The quantitative estimate of drug-likeness (QED) is 0.880. The van der Waals surface area contributed by atoms with Crippen molar-refractivity contribution in [3.8, 4) is 0 Å². The molecule has 6 heteroatoms. The molecule has 3 heterocycles. The van der Waals surface area contributed by atoms with Crippen LogP contribution in [-0.2, 0) is 0 Å². The van der Waals surface area contributed by atoms with E-state index in [1.807, 2.05) is 24.1 Å². The van der Waals surface area contributed by atoms with Crippen molar-refractivity contribution < 1.29 is 4.79 Å². The number of nitrogens with zero attached hydrogens (tertiary/aromatic N) is 4. The molecule has 1 aliphatic rings. The maximum atomic E-state index is 12.6. The Morgan fingerprint density at radius 1 is 1.55 bits per heavy atom. The predicted octanol–water partition coefficient (Wildman–Crippen LogP) is 0.849. The van der Waals surface area contributed by atoms with Gasteiger partial charge in [-0.25, -0.2) is 9.50 Å². The van der Waals surface area contributed by atoms with E-state index in [2.05, 4.69) is 17.0 Å². The maximum Gasteiger partial charge on any atom is 0.259 e. The van der Waals surface area contributed by atoms with Gasteiger partial charge in [-0.15, -0.1) is 0 Å². The molecule has 2 aromatic heterocycles. The number of carbonyl (C=O) groups is 1. The largest absolute Gasteiger partial charge is 0.338 e. The molecule has 2 N–H and O–H groups in total. The lowest BCUT2D eigenvalue weighted by molar-refractivity contribution is 0.0778. The molecule has 0 spiro atoms. The third-order valence-corrected chi connectivity index (χ3v) is 4.08. The van der Waals surface area contributed by atoms with Crippen LogP contribution >= 0.6 is 0 Å². The molecule has 0 radical (unpaired) electrons. The number of hydrogen-bond donors (Lipinski definition) is 1. The molecule has 0 saturated carbocycles. The fourth-order valence-electron chi connectivity index (χ4n) is 2.64. The number of carbonyl (C=O) groups excluding carboxylic acids is 1. The third kappa shape index (κ3) is 2.06. The molecule has 1 aliphatic heterocycles. The highest BCUT2D eigenvalue weighted by atomic mass is 16.2. The number of nitrogens with two attached hydrogens (primary N) is 1. The number of fused-ring (bicyclic) bond motifs is 1. The summed E-state index contributed by atoms with van der Waals surface area (Å²) in [6, 6.07) is 1.87. The Morgan fingerprint density at radius 3 is 3.05 bits per heavy atom. The van der Waals surface area contributed by atoms with Gasteiger partial charge in [-0.05, 0) is 31.4 Å². The van der Waals surface area contributed by atoms with Gasteiger partial charge in [0.1, 0.15) is 5.56 Å². The molecule has 20 heavy (non-hydrogen) atoms. The second-order valence-electron chi connectivity index (χ2n) is 5.89. The average Bonchev–Trinajstić information content (AvgIpc) is 3.02. The van der Waals surface area contributed by atoms with Gasteiger partial charge in [-0.2, -0.15) is 5.10 Å². The molecule has 0 aromatic carbocycles. The molecule has 2 aromatic rings. The minimum atomic E-state index is -0.00437. The van der Waals surface area contributed by atoms with Crippen LogP contribution in [0.4, 0.5) is 0 Å². The molecule has 106 valence electrons. The molecule has 1 fully saturated rings. The Balaban J connectivity index is 1.92. The molecule has 0 bridgehead atoms. The molecule has 6 nitrogen and oxygen atoms in total. The van der Waals surface area contributed by atoms with Gasteiger partial charge in [0.25, 0.3) is 5.91 Å². The van der Waals surface area contributed by atoms with Gasteiger partial charge in [-0.1, -0.05) is 6.92 Å². The second kappa shape index (κ2) is 4.56. The Labute approximate surface area is 117 Å². The van der Waals surface area contributed by atoms with Crippen molar-refractivity contribution in [1.29, 1.82) is 0 Å². The highest BCUT2D eigenvalue weighted by Crippen LogP contribution is 2.29. The van der Waals surface area contributed by atoms with Crippen molar-refractivity contribution in [3.05, 3.63) is 29.7 Å². The first-order chi connectivity index (χ1) is 9.52. The van der Waals surface area contributed by atoms with E-state index in [0.717, 1.165) is 18.7 Å². The molecule has 3 rings (SSSR count). The fourth-order valence-corrected chi connectivity index (χ4v) is 2.64. The number of rotatable bonds is 2. The molecular formula is C14H19N5O. The summed E-state index contributed by atoms with van der Waals surface area (Å²) >= 11 is 0. The summed E-state index contributed by atoms with van der Waals surface area (Å²) < 4.78 is 1.64. The van der Waals surface area contributed by atoms with Crippen molar-refractivity contribution in [1.82, 2.24) is 19.5 Å². The molecule has 1 atom stereocenters. The highest BCUT2D eigenvalue weighted by Gasteiger charge is 2.36. The van der Waals surface area contributed by atoms with Crippen LogP contribution in [0.3, 0.4) is 0 Å². The van der Waals surface area contributed by atoms with Crippen molar-refractivity contribution in [2.24, 2.45) is 11.1 Å². The Bertz CT molecular complexity index is 665. The highest BCUT2D eigenvalue weighted by molar-refractivity contribution is 5.99. The van der Waals surface area contributed by atoms with E-state index in [0.29, 0.717) is 24.3 Å². The van der Waals surface area contributed by atoms with E-state index < -0.39 is 0 Å². The first-order valence-corrected chi connectivity index (χ1v) is 6.83. The van der Waals surface area contributed by atoms with Crippen LogP contribution in [-0.4, -0.2) is 45.0 Å². The van der Waals surface area contributed by atoms with Crippen molar-refractivity contribution >= 4 is 11.6 Å². The standard InChI is InChI=1S/C14H19N5O/c1-10-3-5-19-12(17-10)11(7-16-19)13(20)18-6-4-14(2,8-15)9-18/h3,5,7H,4,6,8-9,15H2,1-2H3. The molecular weight excluding hydrogens is 254 g/mol. The van der Waals surface area contributed by atoms with Crippen molar-refractivity contribution in [3.63, 3.8) is 0 Å². The minimum Gasteiger partial charge on any atom is -0.338 e. The van der Waals surface area contributed by atoms with Crippen LogP contribution in [0, 0.1) is 12.3 Å². The van der Waals surface area contributed by atoms with Crippen LogP contribution in [0.25, 0.3) is 5.65 Å². The third-order valence-electron chi connectivity index (χ3n) is 4.08. The van der Waals surface area contributed by atoms with Crippen LogP contribution in [0.2, 0.25) is 0 Å². The monoisotopic (exact) mass is 273 g/mol. The topological polar surface area (TPSA) is 76.5 Å². The lowest BCUT2D eigenvalue weighted by Gasteiger charge is -2.22. The summed E-state index contributed by atoms with van der Waals surface area (Å²) in [4.78, 5) is 18.9. The summed E-state index contributed by atoms with van der Waals surface area (Å²) in [6.45, 7) is 6.07. The number of aryl methyl sites for hydroxylation is 1. The van der Waals surface area contributed by atoms with E-state index in [-0.39, 0.29) is 11.3 Å². The van der Waals surface area contributed by atoms with Gasteiger partial charge in [0, 0.05) is 25.0 Å². The number of aromatic nitrogens is 3. The molecule has 1 amide bonds. The first-order valence-electron chi connectivity index (χ1n) is 6.83. The Hall–Kier alpha value is -1.95. The number of hydrogen-bond acceptors (Lipinski definition) is 4. The van der Waals surface area contributed by atoms with Crippen LogP contribution < -0.4 is 5.73 Å². The van der Waals surface area contributed by atoms with Gasteiger partial charge < -0.3 is 10.6 Å². The Morgan fingerprint density at radius 2 is 2.35 bits per heavy atom. The van der Waals surface area contributed by atoms with E-state index in [1.165, 1.54) is 0 Å². The van der Waals surface area contributed by atoms with Gasteiger partial charge in [-0.3, -0.25) is 4.79 Å². The zero-order valence-electron chi connectivity index (χ0n) is 11.8. The lowest BCUT2D eigenvalue weighted by atomic mass is 9.90. The maximum absolute atomic E-state index is 12.6. The van der Waals surface area contributed by atoms with Gasteiger partial charge in [0.2, 0.25) is 0 Å². The van der Waals surface area contributed by atoms with Crippen LogP contribution in [0.1, 0.15) is 29.4 Å². The smallest absolute Gasteiger partial charge is 0.259 e. The Kier molecular flexibility index (Phi) is 2.97. The number of amides is 1. The summed E-state index contributed by atoms with van der Waals surface area (Å²) in [6.07, 6.45) is 4.37. The fraction of sp³-hybridized carbons (Fsp3) is 0.500. The van der Waals surface area contributed by atoms with E-state index >= 15 is 0 Å². The summed E-state index contributed by atoms with van der Waals surface area (Å²) in [5.74, 6) is -0.00437. The van der Waals surface area contributed by atoms with Crippen LogP contribution in [0.15, 0.2) is 18.5 Å². The lowest BCUT2D eigenvalue weighted by Crippen LogP contribution is -2.34. The zero-order chi connectivity index (χ0) is 14.3. The number of likely N-dealkylation sites (tertiary alicyclic amines) is 1. The van der Waals surface area contributed by atoms with E-state index in [4.69, 9.17) is 5.73 Å². The second-order valence-corrected chi connectivity index (χ2v) is 5.89. The summed E-state index contributed by atoms with van der Waals surface area (Å²) in [7, 11) is 0. The van der Waals surface area contributed by atoms with Crippen molar-refractivity contribution in [2.45, 2.75) is 20.3 Å². The van der Waals surface area contributed by atoms with E-state index in [9.17, 15) is 4.79 Å². The summed E-state index contributed by atoms with van der Waals surface area (Å²) in [5, 5.41) is 4.19. The van der Waals surface area contributed by atoms with Gasteiger partial charge in [0.15, 0.2) is 5.65 Å².